The summed E-state index contributed by atoms with van der Waals surface area (Å²) in [5.41, 5.74) is -1.11. The molecule has 0 radical (unpaired) electrons. The van der Waals surface area contributed by atoms with Crippen molar-refractivity contribution in [2.24, 2.45) is 0 Å². The third-order valence-corrected chi connectivity index (χ3v) is 2.03. The van der Waals surface area contributed by atoms with Crippen molar-refractivity contribution in [3.63, 3.8) is 0 Å². The van der Waals surface area contributed by atoms with Gasteiger partial charge < -0.3 is 0 Å². The minimum Gasteiger partial charge on any atom is -0.171 e. The van der Waals surface area contributed by atoms with Gasteiger partial charge in [-0.15, -0.1) is 0 Å². The molecule has 0 aliphatic rings. The van der Waals surface area contributed by atoms with E-state index in [0.29, 0.717) is 0 Å². The summed E-state index contributed by atoms with van der Waals surface area (Å²) in [5, 5.41) is 0. The molecule has 0 nitrogen and oxygen atoms in total. The zero-order chi connectivity index (χ0) is 13.3. The highest BCUT2D eigenvalue weighted by Crippen LogP contribution is 2.32. The van der Waals surface area contributed by atoms with E-state index in [2.05, 4.69) is 6.58 Å². The van der Waals surface area contributed by atoms with Gasteiger partial charge in [0.2, 0.25) is 0 Å². The van der Waals surface area contributed by atoms with Crippen LogP contribution in [0.15, 0.2) is 30.8 Å². The lowest BCUT2D eigenvalue weighted by molar-refractivity contribution is -0.137. The van der Waals surface area contributed by atoms with Gasteiger partial charge >= 0.3 is 12.4 Å². The Labute approximate surface area is 93.6 Å². The van der Waals surface area contributed by atoms with Gasteiger partial charge in [0.05, 0.1) is 12.0 Å². The van der Waals surface area contributed by atoms with E-state index in [1.165, 1.54) is 0 Å². The number of halogens is 6. The van der Waals surface area contributed by atoms with E-state index >= 15 is 0 Å². The minimum absolute atomic E-state index is 0.0512. The molecule has 94 valence electrons. The smallest absolute Gasteiger partial charge is 0.171 e. The molecule has 0 N–H and O–H groups in total. The second kappa shape index (κ2) is 4.43. The summed E-state index contributed by atoms with van der Waals surface area (Å²) in [6.45, 7) is 3.20. The summed E-state index contributed by atoms with van der Waals surface area (Å²) < 4.78 is 72.6. The molecule has 1 aromatic carbocycles. The summed E-state index contributed by atoms with van der Waals surface area (Å²) >= 11 is 0. The average Bonchev–Trinajstić information content (AvgIpc) is 2.14. The molecular formula is C11H8F6. The maximum Gasteiger partial charge on any atom is 0.416 e. The van der Waals surface area contributed by atoms with Crippen LogP contribution >= 0.6 is 0 Å². The van der Waals surface area contributed by atoms with Gasteiger partial charge in [-0.3, -0.25) is 0 Å². The Morgan fingerprint density at radius 2 is 1.41 bits per heavy atom. The highest BCUT2D eigenvalue weighted by atomic mass is 19.4. The van der Waals surface area contributed by atoms with Crippen LogP contribution in [0.4, 0.5) is 26.3 Å². The molecule has 0 bridgehead atoms. The molecule has 0 aromatic heterocycles. The largest absolute Gasteiger partial charge is 0.416 e. The Bertz CT molecular complexity index is 395. The third-order valence-electron chi connectivity index (χ3n) is 2.03. The maximum atomic E-state index is 12.2. The molecule has 0 unspecified atom stereocenters. The first-order valence-electron chi connectivity index (χ1n) is 4.52. The second-order valence-corrected chi connectivity index (χ2v) is 3.47. The van der Waals surface area contributed by atoms with Crippen LogP contribution in [-0.4, -0.2) is 6.18 Å². The van der Waals surface area contributed by atoms with Crippen molar-refractivity contribution in [3.05, 3.63) is 42.0 Å². The summed E-state index contributed by atoms with van der Waals surface area (Å²) in [4.78, 5) is 0. The van der Waals surface area contributed by atoms with E-state index in [4.69, 9.17) is 0 Å². The number of allylic oxidation sites excluding steroid dienone is 1. The van der Waals surface area contributed by atoms with Crippen LogP contribution in [0.3, 0.4) is 0 Å². The highest BCUT2D eigenvalue weighted by molar-refractivity contribution is 5.64. The quantitative estimate of drug-likeness (QED) is 0.673. The molecule has 0 saturated heterocycles. The predicted octanol–water partition coefficient (Wildman–Crippen LogP) is 4.67. The summed E-state index contributed by atoms with van der Waals surface area (Å²) in [6.07, 6.45) is -10.2. The van der Waals surface area contributed by atoms with Gasteiger partial charge in [0.25, 0.3) is 0 Å². The molecule has 1 aromatic rings. The molecular weight excluding hydrogens is 246 g/mol. The van der Waals surface area contributed by atoms with Crippen molar-refractivity contribution in [1.29, 1.82) is 0 Å². The zero-order valence-electron chi connectivity index (χ0n) is 8.49. The summed E-state index contributed by atoms with van der Waals surface area (Å²) in [7, 11) is 0. The zero-order valence-corrected chi connectivity index (χ0v) is 8.49. The predicted molar refractivity (Wildman–Crippen MR) is 51.2 cm³/mol. The van der Waals surface area contributed by atoms with Crippen molar-refractivity contribution in [3.8, 4) is 0 Å². The van der Waals surface area contributed by atoms with E-state index in [1.807, 2.05) is 0 Å². The van der Waals surface area contributed by atoms with Crippen LogP contribution in [0, 0.1) is 0 Å². The van der Waals surface area contributed by atoms with Crippen molar-refractivity contribution in [2.45, 2.75) is 18.8 Å². The van der Waals surface area contributed by atoms with Gasteiger partial charge in [0, 0.05) is 0 Å². The molecule has 0 atom stereocenters. The Morgan fingerprint density at radius 3 is 1.76 bits per heavy atom. The highest BCUT2D eigenvalue weighted by Gasteiger charge is 2.31. The molecule has 0 heterocycles. The SMILES string of the molecule is C=C(CC(F)(F)F)c1ccc(C(F)(F)F)cc1. The summed E-state index contributed by atoms with van der Waals surface area (Å²) in [5.74, 6) is 0. The molecule has 0 fully saturated rings. The Morgan fingerprint density at radius 1 is 0.941 bits per heavy atom. The van der Waals surface area contributed by atoms with Crippen molar-refractivity contribution >= 4 is 5.57 Å². The van der Waals surface area contributed by atoms with Crippen molar-refractivity contribution in [2.75, 3.05) is 0 Å². The number of hydrogen-bond acceptors (Lipinski definition) is 0. The van der Waals surface area contributed by atoms with Crippen molar-refractivity contribution < 1.29 is 26.3 Å². The van der Waals surface area contributed by atoms with Crippen LogP contribution in [0.2, 0.25) is 0 Å². The molecule has 0 spiro atoms. The second-order valence-electron chi connectivity index (χ2n) is 3.47. The Balaban J connectivity index is 2.85. The standard InChI is InChI=1S/C11H8F6/c1-7(6-10(12,13)14)8-2-4-9(5-3-8)11(15,16)17/h2-5H,1,6H2. The van der Waals surface area contributed by atoms with Gasteiger partial charge in [-0.1, -0.05) is 18.7 Å². The van der Waals surface area contributed by atoms with Gasteiger partial charge in [-0.2, -0.15) is 26.3 Å². The molecule has 6 heteroatoms. The van der Waals surface area contributed by atoms with Gasteiger partial charge in [-0.05, 0) is 23.3 Å². The molecule has 0 aliphatic carbocycles. The molecule has 17 heavy (non-hydrogen) atoms. The number of alkyl halides is 6. The van der Waals surface area contributed by atoms with E-state index in [-0.39, 0.29) is 11.1 Å². The van der Waals surface area contributed by atoms with E-state index in [1.54, 1.807) is 0 Å². The number of hydrogen-bond donors (Lipinski definition) is 0. The summed E-state index contributed by atoms with van der Waals surface area (Å²) in [6, 6.07) is 3.43. The van der Waals surface area contributed by atoms with E-state index in [9.17, 15) is 26.3 Å². The Kier molecular flexibility index (Phi) is 3.54. The first kappa shape index (κ1) is 13.6. The lowest BCUT2D eigenvalue weighted by atomic mass is 10.0. The maximum absolute atomic E-state index is 12.2. The third kappa shape index (κ3) is 4.13. The monoisotopic (exact) mass is 254 g/mol. The van der Waals surface area contributed by atoms with Crippen LogP contribution in [0.25, 0.3) is 5.57 Å². The molecule has 1 rings (SSSR count). The van der Waals surface area contributed by atoms with E-state index < -0.39 is 24.3 Å². The molecule has 0 aliphatic heterocycles. The van der Waals surface area contributed by atoms with Crippen LogP contribution in [0.1, 0.15) is 17.5 Å². The molecule has 0 saturated carbocycles. The fraction of sp³-hybridized carbons (Fsp3) is 0.273. The van der Waals surface area contributed by atoms with Gasteiger partial charge in [0.15, 0.2) is 0 Å². The average molecular weight is 254 g/mol. The number of benzene rings is 1. The molecule has 0 amide bonds. The topological polar surface area (TPSA) is 0 Å². The van der Waals surface area contributed by atoms with Crippen LogP contribution in [-0.2, 0) is 6.18 Å². The van der Waals surface area contributed by atoms with Gasteiger partial charge in [-0.25, -0.2) is 0 Å². The first-order chi connectivity index (χ1) is 7.59. The number of rotatable bonds is 2. The fourth-order valence-electron chi connectivity index (χ4n) is 1.24. The Hall–Kier alpha value is -1.46. The fourth-order valence-corrected chi connectivity index (χ4v) is 1.24. The lowest BCUT2D eigenvalue weighted by Gasteiger charge is -2.11. The minimum atomic E-state index is -4.50. The van der Waals surface area contributed by atoms with Crippen molar-refractivity contribution in [1.82, 2.24) is 0 Å². The van der Waals surface area contributed by atoms with Crippen LogP contribution in [0.5, 0.6) is 0 Å². The first-order valence-corrected chi connectivity index (χ1v) is 4.52. The van der Waals surface area contributed by atoms with Crippen LogP contribution < -0.4 is 0 Å². The van der Waals surface area contributed by atoms with Gasteiger partial charge in [0.1, 0.15) is 0 Å². The normalized spacial score (nSPS) is 12.6. The van der Waals surface area contributed by atoms with E-state index in [0.717, 1.165) is 24.3 Å². The lowest BCUT2D eigenvalue weighted by Crippen LogP contribution is -2.08.